The van der Waals surface area contributed by atoms with Crippen LogP contribution in [0.25, 0.3) is 32.5 Å². The van der Waals surface area contributed by atoms with Crippen molar-refractivity contribution >= 4 is 27.9 Å². The Balaban J connectivity index is 0.000000428. The van der Waals surface area contributed by atoms with E-state index in [9.17, 15) is 23.1 Å². The number of rotatable bonds is 11. The van der Waals surface area contributed by atoms with Crippen LogP contribution in [0.15, 0.2) is 66.7 Å². The molecular formula is C42H54F3IrN2O2S-. The Bertz CT molecular complexity index is 1800. The first-order valence-electron chi connectivity index (χ1n) is 17.5. The zero-order valence-electron chi connectivity index (χ0n) is 31.9. The molecule has 4 rings (SSSR count). The van der Waals surface area contributed by atoms with E-state index in [0.717, 1.165) is 52.8 Å². The monoisotopic (exact) mass is 900 g/mol. The summed E-state index contributed by atoms with van der Waals surface area (Å²) in [4.78, 5) is 21.8. The maximum Gasteiger partial charge on any atom is 0.394 e. The van der Waals surface area contributed by atoms with Gasteiger partial charge in [0.15, 0.2) is 5.78 Å². The van der Waals surface area contributed by atoms with Gasteiger partial charge in [-0.1, -0.05) is 111 Å². The number of thiazole rings is 1. The van der Waals surface area contributed by atoms with Crippen LogP contribution in [-0.2, 0) is 36.7 Å². The minimum absolute atomic E-state index is 0. The Labute approximate surface area is 320 Å². The zero-order valence-corrected chi connectivity index (χ0v) is 35.1. The number of aliphatic hydroxyl groups is 1. The third-order valence-corrected chi connectivity index (χ3v) is 11.5. The quantitative estimate of drug-likeness (QED) is 0.0925. The van der Waals surface area contributed by atoms with Gasteiger partial charge in [-0.05, 0) is 42.7 Å². The Morgan fingerprint density at radius 2 is 1.45 bits per heavy atom. The van der Waals surface area contributed by atoms with E-state index in [1.165, 1.54) is 42.2 Å². The standard InChI is InChI=1S/C27H26F3N2S.C15H28O2.Ir/c1-25(2,3)21-13-19(12-17-8-6-7-9-20(17)21)22-14-18(10-11-31-22)23-16-32-24(33-23)15-26(4,5)27(28,29)30;1-7-14(5,8-2)12(16)11-13(17)15(6,9-3)10-4;/h6-11,13-14,16H,15H2,1-5H3;11,16H,7-10H2,1-6H3;/q-1;;/b;12-11-;. The Morgan fingerprint density at radius 3 is 2.00 bits per heavy atom. The number of ketones is 1. The van der Waals surface area contributed by atoms with Gasteiger partial charge in [-0.3, -0.25) is 9.78 Å². The average Bonchev–Trinajstić information content (AvgIpc) is 3.54. The van der Waals surface area contributed by atoms with Crippen LogP contribution in [0.1, 0.15) is 112 Å². The fourth-order valence-corrected chi connectivity index (χ4v) is 6.55. The number of hydrogen-bond acceptors (Lipinski definition) is 5. The number of allylic oxidation sites excluding steroid dienone is 2. The summed E-state index contributed by atoms with van der Waals surface area (Å²) in [5, 5.41) is 12.8. The van der Waals surface area contributed by atoms with Crippen LogP contribution in [0.4, 0.5) is 13.2 Å². The van der Waals surface area contributed by atoms with E-state index in [-0.39, 0.29) is 54.3 Å². The predicted molar refractivity (Wildman–Crippen MR) is 202 cm³/mol. The van der Waals surface area contributed by atoms with Crippen molar-refractivity contribution in [3.05, 3.63) is 83.3 Å². The van der Waals surface area contributed by atoms with Gasteiger partial charge in [0, 0.05) is 61.5 Å². The summed E-state index contributed by atoms with van der Waals surface area (Å²) >= 11 is 1.29. The van der Waals surface area contributed by atoms with Crippen LogP contribution in [0.5, 0.6) is 0 Å². The molecule has 0 fully saturated rings. The largest absolute Gasteiger partial charge is 0.512 e. The van der Waals surface area contributed by atoms with Gasteiger partial charge in [-0.25, -0.2) is 4.98 Å². The number of fused-ring (bicyclic) bond motifs is 1. The van der Waals surface area contributed by atoms with Gasteiger partial charge >= 0.3 is 6.18 Å². The summed E-state index contributed by atoms with van der Waals surface area (Å²) in [5.41, 5.74) is 1.28. The summed E-state index contributed by atoms with van der Waals surface area (Å²) in [6.07, 6.45) is 3.70. The van der Waals surface area contributed by atoms with Gasteiger partial charge in [0.1, 0.15) is 5.76 Å². The summed E-state index contributed by atoms with van der Waals surface area (Å²) in [6, 6.07) is 17.6. The molecule has 281 valence electrons. The van der Waals surface area contributed by atoms with Crippen molar-refractivity contribution in [1.29, 1.82) is 0 Å². The molecule has 0 bridgehead atoms. The zero-order chi connectivity index (χ0) is 37.7. The fourth-order valence-electron chi connectivity index (χ4n) is 5.41. The Morgan fingerprint density at radius 1 is 0.863 bits per heavy atom. The number of pyridine rings is 1. The molecule has 1 N–H and O–H groups in total. The number of halogens is 3. The molecule has 51 heavy (non-hydrogen) atoms. The minimum atomic E-state index is -4.28. The van der Waals surface area contributed by atoms with Crippen molar-refractivity contribution in [3.8, 4) is 21.7 Å². The number of carbonyl (C=O) groups is 1. The molecule has 0 spiro atoms. The van der Waals surface area contributed by atoms with Crippen LogP contribution in [0.3, 0.4) is 0 Å². The molecule has 0 aliphatic heterocycles. The van der Waals surface area contributed by atoms with E-state index in [4.69, 9.17) is 0 Å². The van der Waals surface area contributed by atoms with Crippen molar-refractivity contribution in [1.82, 2.24) is 9.97 Å². The molecule has 0 aliphatic carbocycles. The number of nitrogens with zero attached hydrogens (tertiary/aromatic N) is 2. The fraction of sp³-hybridized carbons (Fsp3) is 0.500. The van der Waals surface area contributed by atoms with Crippen LogP contribution in [0.2, 0.25) is 0 Å². The van der Waals surface area contributed by atoms with E-state index in [1.807, 2.05) is 65.8 Å². The average molecular weight is 900 g/mol. The van der Waals surface area contributed by atoms with Gasteiger partial charge < -0.3 is 5.11 Å². The molecule has 2 aromatic heterocycles. The number of aromatic nitrogens is 2. The number of hydrogen-bond donors (Lipinski definition) is 1. The molecule has 0 saturated carbocycles. The van der Waals surface area contributed by atoms with Gasteiger partial charge in [0.05, 0.1) is 15.3 Å². The smallest absolute Gasteiger partial charge is 0.394 e. The van der Waals surface area contributed by atoms with Crippen molar-refractivity contribution in [2.24, 2.45) is 16.2 Å². The normalized spacial score (nSPS) is 13.0. The van der Waals surface area contributed by atoms with Gasteiger partial charge in [0.25, 0.3) is 0 Å². The van der Waals surface area contributed by atoms with Gasteiger partial charge in [-0.15, -0.1) is 40.5 Å². The SMILES string of the molecule is CC(C)(C)c1cc(-c2cc(-c3cnc(CC(C)(C)C(F)(F)F)s3)ccn2)[c-]c2ccccc12.CCC(C)(CC)C(=O)/C=C(\O)C(C)(CC)CC.[Ir]. The first kappa shape index (κ1) is 44.3. The number of aliphatic hydroxyl groups excluding tert-OH is 1. The summed E-state index contributed by atoms with van der Waals surface area (Å²) < 4.78 is 39.8. The first-order valence-corrected chi connectivity index (χ1v) is 18.4. The molecule has 1 radical (unpaired) electrons. The van der Waals surface area contributed by atoms with E-state index < -0.39 is 11.6 Å². The maximum absolute atomic E-state index is 13.3. The molecule has 0 unspecified atom stereocenters. The third kappa shape index (κ3) is 10.6. The molecule has 9 heteroatoms. The Hall–Kier alpha value is -2.87. The molecule has 4 nitrogen and oxygen atoms in total. The second-order valence-corrected chi connectivity index (χ2v) is 16.5. The number of alkyl halides is 3. The van der Waals surface area contributed by atoms with E-state index in [0.29, 0.717) is 5.01 Å². The van der Waals surface area contributed by atoms with Crippen molar-refractivity contribution in [2.45, 2.75) is 120 Å². The molecule has 0 atom stereocenters. The van der Waals surface area contributed by atoms with Crippen LogP contribution < -0.4 is 0 Å². The molecule has 0 aliphatic rings. The van der Waals surface area contributed by atoms with E-state index >= 15 is 0 Å². The molecule has 0 amide bonds. The van der Waals surface area contributed by atoms with Crippen molar-refractivity contribution in [3.63, 3.8) is 0 Å². The second kappa shape index (κ2) is 17.3. The topological polar surface area (TPSA) is 63.1 Å². The molecule has 2 aromatic carbocycles. The van der Waals surface area contributed by atoms with E-state index in [2.05, 4.69) is 55.0 Å². The molecule has 2 heterocycles. The Kier molecular flexibility index (Phi) is 15.0. The maximum atomic E-state index is 13.3. The van der Waals surface area contributed by atoms with Gasteiger partial charge in [-0.2, -0.15) is 13.2 Å². The number of carbonyl (C=O) groups excluding carboxylic acids is 1. The predicted octanol–water partition coefficient (Wildman–Crippen LogP) is 12.9. The first-order chi connectivity index (χ1) is 23.1. The molecule has 4 aromatic rings. The molecule has 0 saturated heterocycles. The molecular weight excluding hydrogens is 846 g/mol. The summed E-state index contributed by atoms with van der Waals surface area (Å²) in [6.45, 7) is 21.1. The third-order valence-electron chi connectivity index (χ3n) is 10.4. The summed E-state index contributed by atoms with van der Waals surface area (Å²) in [7, 11) is 0. The minimum Gasteiger partial charge on any atom is -0.512 e. The second-order valence-electron chi connectivity index (χ2n) is 15.4. The number of benzene rings is 2. The van der Waals surface area contributed by atoms with Crippen LogP contribution in [-0.4, -0.2) is 27.0 Å². The van der Waals surface area contributed by atoms with Crippen LogP contribution in [0, 0.1) is 22.3 Å². The van der Waals surface area contributed by atoms with E-state index in [1.54, 1.807) is 12.4 Å². The van der Waals surface area contributed by atoms with Crippen LogP contribution >= 0.6 is 11.3 Å². The van der Waals surface area contributed by atoms with Crippen molar-refractivity contribution in [2.75, 3.05) is 0 Å². The summed E-state index contributed by atoms with van der Waals surface area (Å²) in [5.74, 6) is 0.286. The van der Waals surface area contributed by atoms with Gasteiger partial charge in [0.2, 0.25) is 0 Å². The van der Waals surface area contributed by atoms with Crippen molar-refractivity contribution < 1.29 is 43.2 Å².